The van der Waals surface area contributed by atoms with Crippen LogP contribution in [-0.4, -0.2) is 17.5 Å². The van der Waals surface area contributed by atoms with Crippen molar-refractivity contribution in [3.05, 3.63) is 136 Å². The summed E-state index contributed by atoms with van der Waals surface area (Å²) in [4.78, 5) is 25.9. The van der Waals surface area contributed by atoms with E-state index in [0.717, 1.165) is 17.5 Å². The van der Waals surface area contributed by atoms with Crippen LogP contribution in [0.2, 0.25) is 0 Å². The van der Waals surface area contributed by atoms with Gasteiger partial charge in [0.2, 0.25) is 0 Å². The number of carbonyl (C=O) groups is 2. The third kappa shape index (κ3) is 6.80. The Morgan fingerprint density at radius 1 is 0.614 bits per heavy atom. The average Bonchev–Trinajstić information content (AvgIpc) is 3.01. The van der Waals surface area contributed by atoms with Crippen molar-refractivity contribution in [2.24, 2.45) is 0 Å². The average molecular weight is 591 g/mol. The Kier molecular flexibility index (Phi) is 9.53. The van der Waals surface area contributed by atoms with Crippen LogP contribution in [0.3, 0.4) is 0 Å². The fourth-order valence-corrected chi connectivity index (χ4v) is 5.58. The lowest BCUT2D eigenvalue weighted by Crippen LogP contribution is -2.27. The van der Waals surface area contributed by atoms with Crippen LogP contribution in [0.4, 0.5) is 0 Å². The Morgan fingerprint density at radius 3 is 1.77 bits per heavy atom. The molecule has 0 saturated carbocycles. The van der Waals surface area contributed by atoms with Gasteiger partial charge in [0, 0.05) is 5.41 Å². The number of aryl methyl sites for hydroxylation is 2. The molecule has 0 saturated heterocycles. The minimum Gasteiger partial charge on any atom is -0.456 e. The van der Waals surface area contributed by atoms with Crippen molar-refractivity contribution in [1.82, 2.24) is 0 Å². The molecule has 0 amide bonds. The van der Waals surface area contributed by atoms with Gasteiger partial charge in [0.15, 0.2) is 0 Å². The zero-order valence-corrected chi connectivity index (χ0v) is 27.7. The minimum absolute atomic E-state index is 0.0970. The van der Waals surface area contributed by atoms with E-state index in [1.807, 2.05) is 45.9 Å². The summed E-state index contributed by atoms with van der Waals surface area (Å²) in [7, 11) is 0. The zero-order valence-electron chi connectivity index (χ0n) is 27.7. The highest BCUT2D eigenvalue weighted by atomic mass is 16.6. The van der Waals surface area contributed by atoms with E-state index in [1.165, 1.54) is 28.3 Å². The number of hydrogen-bond acceptors (Lipinski definition) is 4. The second-order valence-electron chi connectivity index (χ2n) is 13.2. The van der Waals surface area contributed by atoms with E-state index in [9.17, 15) is 9.59 Å². The van der Waals surface area contributed by atoms with E-state index < -0.39 is 23.0 Å². The third-order valence-electron chi connectivity index (χ3n) is 9.28. The second-order valence-corrected chi connectivity index (χ2v) is 13.2. The number of rotatable bonds is 10. The van der Waals surface area contributed by atoms with Gasteiger partial charge in [0.1, 0.15) is 11.4 Å². The van der Waals surface area contributed by atoms with Crippen LogP contribution in [0.5, 0.6) is 5.75 Å². The van der Waals surface area contributed by atoms with Gasteiger partial charge in [-0.2, -0.15) is 0 Å². The third-order valence-corrected chi connectivity index (χ3v) is 9.28. The minimum atomic E-state index is -0.590. The first-order chi connectivity index (χ1) is 20.7. The van der Waals surface area contributed by atoms with Crippen LogP contribution in [0, 0.1) is 13.8 Å². The van der Waals surface area contributed by atoms with Crippen molar-refractivity contribution in [2.45, 2.75) is 91.6 Å². The van der Waals surface area contributed by atoms with E-state index in [2.05, 4.69) is 83.1 Å². The molecule has 1 unspecified atom stereocenters. The van der Waals surface area contributed by atoms with Crippen LogP contribution < -0.4 is 4.74 Å². The maximum absolute atomic E-state index is 13.2. The molecular formula is C40H46O4. The van der Waals surface area contributed by atoms with Gasteiger partial charge in [-0.3, -0.25) is 0 Å². The molecule has 4 aromatic carbocycles. The highest BCUT2D eigenvalue weighted by Gasteiger charge is 2.33. The van der Waals surface area contributed by atoms with Gasteiger partial charge in [-0.15, -0.1) is 0 Å². The van der Waals surface area contributed by atoms with Crippen molar-refractivity contribution < 1.29 is 19.1 Å². The molecule has 0 aliphatic rings. The van der Waals surface area contributed by atoms with Gasteiger partial charge in [-0.05, 0) is 111 Å². The molecule has 0 radical (unpaired) electrons. The molecule has 0 bridgehead atoms. The van der Waals surface area contributed by atoms with E-state index in [0.29, 0.717) is 17.7 Å². The van der Waals surface area contributed by atoms with Crippen LogP contribution in [-0.2, 0) is 15.6 Å². The lowest BCUT2D eigenvalue weighted by molar-refractivity contribution is -0.00244. The molecule has 0 N–H and O–H groups in total. The van der Waals surface area contributed by atoms with Crippen LogP contribution in [0.1, 0.15) is 115 Å². The molecule has 230 valence electrons. The first-order valence-electron chi connectivity index (χ1n) is 15.6. The van der Waals surface area contributed by atoms with Crippen molar-refractivity contribution in [3.8, 4) is 5.75 Å². The summed E-state index contributed by atoms with van der Waals surface area (Å²) < 4.78 is 11.5. The first-order valence-corrected chi connectivity index (χ1v) is 15.6. The van der Waals surface area contributed by atoms with Crippen LogP contribution in [0.25, 0.3) is 0 Å². The molecular weight excluding hydrogens is 544 g/mol. The van der Waals surface area contributed by atoms with Crippen molar-refractivity contribution in [2.75, 3.05) is 0 Å². The molecule has 4 heteroatoms. The molecule has 1 atom stereocenters. The Labute approximate surface area is 263 Å². The van der Waals surface area contributed by atoms with E-state index in [-0.39, 0.29) is 11.0 Å². The Hall–Kier alpha value is -4.18. The molecule has 44 heavy (non-hydrogen) atoms. The Morgan fingerprint density at radius 2 is 1.20 bits per heavy atom. The van der Waals surface area contributed by atoms with E-state index in [1.54, 1.807) is 18.2 Å². The molecule has 0 heterocycles. The van der Waals surface area contributed by atoms with Crippen LogP contribution >= 0.6 is 0 Å². The molecule has 4 aromatic rings. The summed E-state index contributed by atoms with van der Waals surface area (Å²) in [5, 5.41) is 0. The fourth-order valence-electron chi connectivity index (χ4n) is 5.58. The number of esters is 2. The quantitative estimate of drug-likeness (QED) is 0.105. The van der Waals surface area contributed by atoms with Crippen molar-refractivity contribution in [1.29, 1.82) is 0 Å². The summed E-state index contributed by atoms with van der Waals surface area (Å²) in [5.41, 5.74) is 6.66. The number of benzene rings is 4. The highest BCUT2D eigenvalue weighted by molar-refractivity contribution is 5.96. The van der Waals surface area contributed by atoms with Gasteiger partial charge in [-0.1, -0.05) is 94.4 Å². The number of ether oxygens (including phenoxy) is 2. The predicted molar refractivity (Wildman–Crippen MR) is 179 cm³/mol. The van der Waals surface area contributed by atoms with Gasteiger partial charge in [0.25, 0.3) is 0 Å². The topological polar surface area (TPSA) is 52.6 Å². The lowest BCUT2D eigenvalue weighted by Gasteiger charge is -2.34. The summed E-state index contributed by atoms with van der Waals surface area (Å²) >= 11 is 0. The second kappa shape index (κ2) is 12.8. The van der Waals surface area contributed by atoms with Crippen molar-refractivity contribution in [3.63, 3.8) is 0 Å². The predicted octanol–water partition coefficient (Wildman–Crippen LogP) is 9.91. The Bertz CT molecular complexity index is 1650. The van der Waals surface area contributed by atoms with E-state index in [4.69, 9.17) is 9.47 Å². The number of hydrogen-bond donors (Lipinski definition) is 0. The summed E-state index contributed by atoms with van der Waals surface area (Å²) in [6.07, 6.45) is 1.74. The van der Waals surface area contributed by atoms with Gasteiger partial charge in [-0.25, -0.2) is 9.59 Å². The lowest BCUT2D eigenvalue weighted by atomic mass is 9.69. The molecule has 4 rings (SSSR count). The zero-order chi connectivity index (χ0) is 32.3. The SMILES string of the molecule is CCC(C)(C)OC(=O)c1cccc(C(=O)Oc2ccc(C(C)(c3ccccc3)c3ccc(C(C)(C)CC)c(C)c3)cc2C)c1. The van der Waals surface area contributed by atoms with E-state index >= 15 is 0 Å². The standard InChI is InChI=1S/C40H46O4/c1-10-38(5,6)34-22-20-32(24-27(34)3)40(9,31-18-13-12-14-19-31)33-21-23-35(28(4)25-33)43-36(41)29-16-15-17-30(26-29)37(42)44-39(7,8)11-2/h12-26H,10-11H2,1-9H3. The summed E-state index contributed by atoms with van der Waals surface area (Å²) in [6.45, 7) is 18.9. The molecule has 0 fully saturated rings. The first kappa shape index (κ1) is 32.7. The summed E-state index contributed by atoms with van der Waals surface area (Å²) in [6, 6.07) is 29.9. The molecule has 0 aliphatic heterocycles. The molecule has 0 aliphatic carbocycles. The maximum atomic E-state index is 13.2. The normalized spacial score (nSPS) is 13.2. The van der Waals surface area contributed by atoms with Gasteiger partial charge in [0.05, 0.1) is 11.1 Å². The largest absolute Gasteiger partial charge is 0.456 e. The van der Waals surface area contributed by atoms with Gasteiger partial charge < -0.3 is 9.47 Å². The molecule has 0 spiro atoms. The summed E-state index contributed by atoms with van der Waals surface area (Å²) in [5.74, 6) is -0.514. The van der Waals surface area contributed by atoms with Gasteiger partial charge >= 0.3 is 11.9 Å². The van der Waals surface area contributed by atoms with Crippen molar-refractivity contribution >= 4 is 11.9 Å². The molecule has 0 aromatic heterocycles. The smallest absolute Gasteiger partial charge is 0.343 e. The maximum Gasteiger partial charge on any atom is 0.343 e. The monoisotopic (exact) mass is 590 g/mol. The highest BCUT2D eigenvalue weighted by Crippen LogP contribution is 2.42. The molecule has 4 nitrogen and oxygen atoms in total. The Balaban J connectivity index is 1.67. The van der Waals surface area contributed by atoms with Crippen LogP contribution in [0.15, 0.2) is 91.0 Å². The fraction of sp³-hybridized carbons (Fsp3) is 0.350. The number of carbonyl (C=O) groups excluding carboxylic acids is 2.